The molecule has 0 radical (unpaired) electrons. The monoisotopic (exact) mass is 456 g/mol. The molecule has 3 N–H and O–H groups in total. The van der Waals surface area contributed by atoms with Crippen molar-refractivity contribution in [3.63, 3.8) is 0 Å². The third kappa shape index (κ3) is 6.50. The molecule has 30 heavy (non-hydrogen) atoms. The first-order chi connectivity index (χ1) is 13.6. The lowest BCUT2D eigenvalue weighted by molar-refractivity contribution is -0.118. The van der Waals surface area contributed by atoms with Crippen LogP contribution in [0, 0.1) is 0 Å². The van der Waals surface area contributed by atoms with Crippen molar-refractivity contribution in [2.45, 2.75) is 19.1 Å². The van der Waals surface area contributed by atoms with Gasteiger partial charge in [0.2, 0.25) is 5.91 Å². The molecule has 1 amide bonds. The van der Waals surface area contributed by atoms with Crippen LogP contribution < -0.4 is 20.5 Å². The second kappa shape index (κ2) is 12.2. The number of pyridine rings is 1. The number of ether oxygens (including phenoxy) is 3. The minimum Gasteiger partial charge on any atom is -0.493 e. The van der Waals surface area contributed by atoms with Crippen LogP contribution in [0.2, 0.25) is 0 Å². The minimum absolute atomic E-state index is 0. The van der Waals surface area contributed by atoms with Gasteiger partial charge in [0.1, 0.15) is 12.3 Å². The number of hydrogen-bond donors (Lipinski definition) is 2. The van der Waals surface area contributed by atoms with Crippen LogP contribution in [0.1, 0.15) is 12.1 Å². The Morgan fingerprint density at radius 3 is 2.67 bits per heavy atom. The van der Waals surface area contributed by atoms with Crippen LogP contribution in [0.3, 0.4) is 0 Å². The summed E-state index contributed by atoms with van der Waals surface area (Å²) >= 11 is 0. The van der Waals surface area contributed by atoms with Gasteiger partial charge in [-0.05, 0) is 24.3 Å². The fraction of sp³-hybridized carbons (Fsp3) is 0.300. The quantitative estimate of drug-likeness (QED) is 0.513. The molecule has 164 valence electrons. The number of fused-ring (bicyclic) bond motifs is 1. The van der Waals surface area contributed by atoms with Crippen molar-refractivity contribution in [2.24, 2.45) is 5.73 Å². The van der Waals surface area contributed by atoms with Gasteiger partial charge in [0, 0.05) is 37.8 Å². The summed E-state index contributed by atoms with van der Waals surface area (Å²) in [6, 6.07) is 11.0. The third-order valence-electron chi connectivity index (χ3n) is 4.25. The zero-order valence-corrected chi connectivity index (χ0v) is 18.4. The highest BCUT2D eigenvalue weighted by atomic mass is 35.5. The molecular weight excluding hydrogens is 431 g/mol. The molecule has 0 aliphatic rings. The predicted octanol–water partition coefficient (Wildman–Crippen LogP) is 3.07. The van der Waals surface area contributed by atoms with E-state index < -0.39 is 0 Å². The van der Waals surface area contributed by atoms with Gasteiger partial charge in [0.15, 0.2) is 11.5 Å². The van der Waals surface area contributed by atoms with Crippen molar-refractivity contribution in [3.05, 3.63) is 54.5 Å². The fourth-order valence-electron chi connectivity index (χ4n) is 2.76. The topological polar surface area (TPSA) is 100 Å². The summed E-state index contributed by atoms with van der Waals surface area (Å²) in [4.78, 5) is 16.7. The van der Waals surface area contributed by atoms with Gasteiger partial charge < -0.3 is 29.7 Å². The number of rotatable bonds is 9. The molecular formula is C20H26Cl2N4O4. The number of carbonyl (C=O) groups excluding carboxylic acids is 1. The Bertz CT molecular complexity index is 914. The Hall–Kier alpha value is -2.52. The van der Waals surface area contributed by atoms with E-state index in [0.29, 0.717) is 17.2 Å². The van der Waals surface area contributed by atoms with E-state index in [-0.39, 0.29) is 56.4 Å². The molecule has 0 saturated heterocycles. The van der Waals surface area contributed by atoms with Gasteiger partial charge in [-0.15, -0.1) is 24.8 Å². The van der Waals surface area contributed by atoms with Crippen LogP contribution in [0.15, 0.2) is 48.8 Å². The largest absolute Gasteiger partial charge is 0.493 e. The molecule has 1 unspecified atom stereocenters. The lowest BCUT2D eigenvalue weighted by Crippen LogP contribution is -2.28. The Kier molecular flexibility index (Phi) is 10.4. The lowest BCUT2D eigenvalue weighted by Gasteiger charge is -2.14. The van der Waals surface area contributed by atoms with Gasteiger partial charge >= 0.3 is 0 Å². The summed E-state index contributed by atoms with van der Waals surface area (Å²) in [6.45, 7) is 0.550. The van der Waals surface area contributed by atoms with Crippen molar-refractivity contribution < 1.29 is 19.0 Å². The molecule has 0 aliphatic heterocycles. The molecule has 0 bridgehead atoms. The standard InChI is InChI=1S/C20H24N4O4.2ClH/c1-26-16(11-21)10-20(25)23-14-6-7-17(27-2)18(9-14)28-13-15-12-24-8-4-3-5-19(24)22-15;;/h3-9,12,16H,10-11,13,21H2,1-2H3,(H,23,25);2*1H. The first-order valence-corrected chi connectivity index (χ1v) is 8.89. The second-order valence-electron chi connectivity index (χ2n) is 6.20. The molecule has 0 aliphatic carbocycles. The third-order valence-corrected chi connectivity index (χ3v) is 4.25. The number of amides is 1. The Labute approximate surface area is 187 Å². The number of nitrogens with one attached hydrogen (secondary N) is 1. The number of methoxy groups -OCH3 is 2. The van der Waals surface area contributed by atoms with Crippen molar-refractivity contribution in [1.29, 1.82) is 0 Å². The lowest BCUT2D eigenvalue weighted by atomic mass is 10.2. The highest BCUT2D eigenvalue weighted by Gasteiger charge is 2.13. The highest BCUT2D eigenvalue weighted by molar-refractivity contribution is 5.91. The van der Waals surface area contributed by atoms with Crippen LogP contribution >= 0.6 is 24.8 Å². The summed E-state index contributed by atoms with van der Waals surface area (Å²) < 4.78 is 18.3. The second-order valence-corrected chi connectivity index (χ2v) is 6.20. The smallest absolute Gasteiger partial charge is 0.227 e. The van der Waals surface area contributed by atoms with E-state index in [0.717, 1.165) is 11.3 Å². The number of imidazole rings is 1. The Morgan fingerprint density at radius 1 is 1.20 bits per heavy atom. The van der Waals surface area contributed by atoms with Crippen molar-refractivity contribution >= 4 is 42.1 Å². The number of aromatic nitrogens is 2. The first-order valence-electron chi connectivity index (χ1n) is 8.89. The van der Waals surface area contributed by atoms with E-state index in [9.17, 15) is 4.79 Å². The maximum Gasteiger partial charge on any atom is 0.227 e. The maximum absolute atomic E-state index is 12.2. The maximum atomic E-state index is 12.2. The van der Waals surface area contributed by atoms with Crippen LogP contribution in [-0.4, -0.2) is 42.2 Å². The van der Waals surface area contributed by atoms with Crippen molar-refractivity contribution in [1.82, 2.24) is 9.38 Å². The number of hydrogen-bond acceptors (Lipinski definition) is 6. The van der Waals surface area contributed by atoms with Gasteiger partial charge in [-0.25, -0.2) is 4.98 Å². The summed E-state index contributed by atoms with van der Waals surface area (Å²) in [5, 5.41) is 2.82. The number of nitrogens with zero attached hydrogens (tertiary/aromatic N) is 2. The van der Waals surface area contributed by atoms with Gasteiger partial charge in [0.05, 0.1) is 25.3 Å². The molecule has 0 saturated carbocycles. The van der Waals surface area contributed by atoms with Gasteiger partial charge in [-0.2, -0.15) is 0 Å². The summed E-state index contributed by atoms with van der Waals surface area (Å²) in [7, 11) is 3.10. The van der Waals surface area contributed by atoms with E-state index in [4.69, 9.17) is 19.9 Å². The molecule has 3 aromatic rings. The number of benzene rings is 1. The first kappa shape index (κ1) is 25.5. The average Bonchev–Trinajstić information content (AvgIpc) is 3.13. The summed E-state index contributed by atoms with van der Waals surface area (Å²) in [6.07, 6.45) is 3.70. The van der Waals surface area contributed by atoms with E-state index >= 15 is 0 Å². The van der Waals surface area contributed by atoms with Gasteiger partial charge in [-0.1, -0.05) is 6.07 Å². The van der Waals surface area contributed by atoms with Crippen molar-refractivity contribution in [2.75, 3.05) is 26.1 Å². The minimum atomic E-state index is -0.316. The molecule has 2 heterocycles. The Balaban J connectivity index is 0.00000225. The number of carbonyl (C=O) groups is 1. The van der Waals surface area contributed by atoms with Gasteiger partial charge in [-0.3, -0.25) is 4.79 Å². The van der Waals surface area contributed by atoms with Crippen molar-refractivity contribution in [3.8, 4) is 11.5 Å². The molecule has 0 spiro atoms. The van der Waals surface area contributed by atoms with E-state index in [1.54, 1.807) is 25.3 Å². The van der Waals surface area contributed by atoms with Crippen LogP contribution in [0.4, 0.5) is 5.69 Å². The fourth-order valence-corrected chi connectivity index (χ4v) is 2.76. The molecule has 1 atom stereocenters. The summed E-state index contributed by atoms with van der Waals surface area (Å²) in [5.74, 6) is 0.895. The van der Waals surface area contributed by atoms with Gasteiger partial charge in [0.25, 0.3) is 0 Å². The van der Waals surface area contributed by atoms with Crippen LogP contribution in [-0.2, 0) is 16.1 Å². The molecule has 1 aromatic carbocycles. The zero-order chi connectivity index (χ0) is 19.9. The predicted molar refractivity (Wildman–Crippen MR) is 120 cm³/mol. The zero-order valence-electron chi connectivity index (χ0n) is 16.7. The Morgan fingerprint density at radius 2 is 2.00 bits per heavy atom. The number of halogens is 2. The average molecular weight is 457 g/mol. The highest BCUT2D eigenvalue weighted by Crippen LogP contribution is 2.31. The van der Waals surface area contributed by atoms with E-state index in [1.807, 2.05) is 35.0 Å². The normalized spacial score (nSPS) is 11.2. The molecule has 0 fully saturated rings. The van der Waals surface area contributed by atoms with Crippen LogP contribution in [0.5, 0.6) is 11.5 Å². The molecule has 8 nitrogen and oxygen atoms in total. The number of nitrogens with two attached hydrogens (primary N) is 1. The molecule has 3 rings (SSSR count). The summed E-state index contributed by atoms with van der Waals surface area (Å²) in [5.41, 5.74) is 7.79. The molecule has 10 heteroatoms. The number of anilines is 1. The molecule has 2 aromatic heterocycles. The van der Waals surface area contributed by atoms with E-state index in [2.05, 4.69) is 10.3 Å². The SMILES string of the molecule is COc1ccc(NC(=O)CC(CN)OC)cc1OCc1cn2ccccc2n1.Cl.Cl. The van der Waals surface area contributed by atoms with Crippen LogP contribution in [0.25, 0.3) is 5.65 Å². The van der Waals surface area contributed by atoms with E-state index in [1.165, 1.54) is 7.11 Å².